The molecule has 8 nitrogen and oxygen atoms in total. The first-order valence-electron chi connectivity index (χ1n) is 22.9. The normalized spacial score (nSPS) is 13.1. The maximum atomic E-state index is 12.6. The first-order chi connectivity index (χ1) is 26.6. The van der Waals surface area contributed by atoms with Gasteiger partial charge in [-0.05, 0) is 51.4 Å². The molecule has 322 valence electrons. The lowest BCUT2D eigenvalue weighted by atomic mass is 10.0. The highest BCUT2D eigenvalue weighted by molar-refractivity contribution is 5.72. The number of carboxylic acid groups (broad SMARTS) is 1. The van der Waals surface area contributed by atoms with Crippen LogP contribution in [0.1, 0.15) is 206 Å². The van der Waals surface area contributed by atoms with Crippen molar-refractivity contribution >= 4 is 17.9 Å². The molecule has 0 aliphatic rings. The van der Waals surface area contributed by atoms with E-state index < -0.39 is 18.1 Å². The Morgan fingerprint density at radius 1 is 0.527 bits per heavy atom. The van der Waals surface area contributed by atoms with Crippen molar-refractivity contribution in [2.24, 2.45) is 0 Å². The van der Waals surface area contributed by atoms with Gasteiger partial charge in [-0.1, -0.05) is 160 Å². The second-order valence-corrected chi connectivity index (χ2v) is 16.7. The summed E-state index contributed by atoms with van der Waals surface area (Å²) in [5, 5.41) is 9.59. The summed E-state index contributed by atoms with van der Waals surface area (Å²) >= 11 is 0. The Hall–Kier alpha value is -2.19. The van der Waals surface area contributed by atoms with Gasteiger partial charge in [-0.25, -0.2) is 4.79 Å². The van der Waals surface area contributed by atoms with Crippen LogP contribution in [0.25, 0.3) is 0 Å². The van der Waals surface area contributed by atoms with Gasteiger partial charge in [-0.3, -0.25) is 9.59 Å². The van der Waals surface area contributed by atoms with Gasteiger partial charge in [-0.15, -0.1) is 0 Å². The molecule has 8 heteroatoms. The van der Waals surface area contributed by atoms with Crippen molar-refractivity contribution in [2.75, 3.05) is 41.0 Å². The Morgan fingerprint density at radius 3 is 1.40 bits per heavy atom. The Balaban J connectivity index is 4.13. The van der Waals surface area contributed by atoms with E-state index in [0.717, 1.165) is 32.1 Å². The van der Waals surface area contributed by atoms with Crippen molar-refractivity contribution in [3.63, 3.8) is 0 Å². The van der Waals surface area contributed by atoms with Gasteiger partial charge in [0.25, 0.3) is 0 Å². The monoisotopic (exact) mass is 779 g/mol. The number of quaternary nitrogens is 1. The first kappa shape index (κ1) is 52.8. The van der Waals surface area contributed by atoms with Crippen LogP contribution in [-0.4, -0.2) is 80.6 Å². The van der Waals surface area contributed by atoms with Gasteiger partial charge < -0.3 is 23.8 Å². The van der Waals surface area contributed by atoms with Crippen LogP contribution in [0.2, 0.25) is 0 Å². The molecule has 1 N–H and O–H groups in total. The number of hydrogen-bond acceptors (Lipinski definition) is 6. The lowest BCUT2D eigenvalue weighted by Crippen LogP contribution is -2.50. The molecule has 2 atom stereocenters. The molecule has 0 saturated heterocycles. The molecule has 0 aromatic rings. The molecular weight excluding hydrogens is 691 g/mol. The number of aliphatic carboxylic acids is 1. The number of rotatable bonds is 41. The van der Waals surface area contributed by atoms with Crippen LogP contribution in [0.3, 0.4) is 0 Å². The molecule has 0 amide bonds. The highest BCUT2D eigenvalue weighted by atomic mass is 16.6. The molecule has 0 radical (unpaired) electrons. The average molecular weight is 779 g/mol. The molecule has 0 fully saturated rings. The quantitative estimate of drug-likeness (QED) is 0.0285. The van der Waals surface area contributed by atoms with Crippen LogP contribution in [-0.2, 0) is 28.6 Å². The van der Waals surface area contributed by atoms with Crippen LogP contribution in [0.15, 0.2) is 24.3 Å². The highest BCUT2D eigenvalue weighted by Crippen LogP contribution is 2.15. The fourth-order valence-corrected chi connectivity index (χ4v) is 6.75. The van der Waals surface area contributed by atoms with Gasteiger partial charge in [0, 0.05) is 19.3 Å². The number of unbranched alkanes of at least 4 members (excludes halogenated alkanes) is 23. The highest BCUT2D eigenvalue weighted by Gasteiger charge is 2.31. The molecule has 0 spiro atoms. The zero-order valence-corrected chi connectivity index (χ0v) is 36.6. The summed E-state index contributed by atoms with van der Waals surface area (Å²) in [6, 6.07) is -0.617. The lowest BCUT2D eigenvalue weighted by molar-refractivity contribution is -0.887. The summed E-state index contributed by atoms with van der Waals surface area (Å²) in [5.74, 6) is -1.53. The van der Waals surface area contributed by atoms with E-state index >= 15 is 0 Å². The maximum Gasteiger partial charge on any atom is 0.362 e. The number of carbonyl (C=O) groups excluding carboxylic acids is 2. The number of likely N-dealkylation sites (N-methyl/N-ethyl adjacent to an activating group) is 1. The van der Waals surface area contributed by atoms with Crippen LogP contribution in [0.4, 0.5) is 0 Å². The van der Waals surface area contributed by atoms with Crippen LogP contribution >= 0.6 is 0 Å². The van der Waals surface area contributed by atoms with Crippen LogP contribution < -0.4 is 0 Å². The Morgan fingerprint density at radius 2 is 0.945 bits per heavy atom. The second-order valence-electron chi connectivity index (χ2n) is 16.7. The minimum absolute atomic E-state index is 0.0466. The number of carboxylic acids is 1. The number of nitrogens with zero attached hydrogens (tertiary/aromatic N) is 1. The first-order valence-corrected chi connectivity index (χ1v) is 22.9. The van der Waals surface area contributed by atoms with E-state index in [0.29, 0.717) is 19.3 Å². The predicted molar refractivity (Wildman–Crippen MR) is 229 cm³/mol. The van der Waals surface area contributed by atoms with Crippen LogP contribution in [0, 0.1) is 0 Å². The number of hydrogen-bond donors (Lipinski definition) is 1. The van der Waals surface area contributed by atoms with E-state index in [9.17, 15) is 19.5 Å². The molecule has 0 aromatic heterocycles. The molecule has 0 aromatic carbocycles. The third-order valence-corrected chi connectivity index (χ3v) is 10.3. The maximum absolute atomic E-state index is 12.6. The third-order valence-electron chi connectivity index (χ3n) is 10.3. The smallest absolute Gasteiger partial charge is 0.362 e. The molecule has 2 unspecified atom stereocenters. The van der Waals surface area contributed by atoms with E-state index in [1.165, 1.54) is 135 Å². The third kappa shape index (κ3) is 37.2. The van der Waals surface area contributed by atoms with E-state index in [1.54, 1.807) is 0 Å². The second kappa shape index (κ2) is 38.7. The zero-order chi connectivity index (χ0) is 40.7. The Kier molecular flexibility index (Phi) is 37.1. The van der Waals surface area contributed by atoms with Gasteiger partial charge in [0.05, 0.1) is 34.4 Å². The summed E-state index contributed by atoms with van der Waals surface area (Å²) in [4.78, 5) is 36.8. The number of carbonyl (C=O) groups is 3. The fourth-order valence-electron chi connectivity index (χ4n) is 6.75. The summed E-state index contributed by atoms with van der Waals surface area (Å²) in [5.41, 5.74) is 0. The molecule has 0 aliphatic carbocycles. The van der Waals surface area contributed by atoms with E-state index in [-0.39, 0.29) is 42.7 Å². The van der Waals surface area contributed by atoms with Crippen molar-refractivity contribution in [2.45, 2.75) is 219 Å². The molecule has 0 heterocycles. The van der Waals surface area contributed by atoms with E-state index in [4.69, 9.17) is 14.2 Å². The van der Waals surface area contributed by atoms with Gasteiger partial charge >= 0.3 is 17.9 Å². The molecule has 55 heavy (non-hydrogen) atoms. The van der Waals surface area contributed by atoms with Gasteiger partial charge in [0.15, 0.2) is 12.1 Å². The van der Waals surface area contributed by atoms with Crippen molar-refractivity contribution < 1.29 is 38.2 Å². The van der Waals surface area contributed by atoms with Gasteiger partial charge in [0.1, 0.15) is 6.61 Å². The fraction of sp³-hybridized carbons (Fsp3) is 0.851. The summed E-state index contributed by atoms with van der Waals surface area (Å²) in [6.45, 7) is 4.66. The zero-order valence-electron chi connectivity index (χ0n) is 36.6. The van der Waals surface area contributed by atoms with Crippen molar-refractivity contribution in [3.05, 3.63) is 24.3 Å². The summed E-state index contributed by atoms with van der Waals surface area (Å²) in [6.07, 6.45) is 42.6. The number of esters is 2. The Bertz CT molecular complexity index is 957. The number of ether oxygens (including phenoxy) is 3. The van der Waals surface area contributed by atoms with Gasteiger partial charge in [0.2, 0.25) is 0 Å². The van der Waals surface area contributed by atoms with Crippen molar-refractivity contribution in [1.82, 2.24) is 0 Å². The standard InChI is InChI=1S/C47H87NO7/c1-6-8-10-12-14-16-17-18-19-20-21-22-23-24-25-26-27-28-29-30-32-33-35-37-45(49)54-42-43(41-53-40-39-44(47(51)52)48(3,4)5)55-46(50)38-36-34-31-15-13-11-9-7-2/h24-25,31,34,43-44H,6-23,26-30,32-33,35-42H2,1-5H3/p+1/b25-24+,34-31+. The van der Waals surface area contributed by atoms with Crippen molar-refractivity contribution in [3.8, 4) is 0 Å². The average Bonchev–Trinajstić information content (AvgIpc) is 3.14. The molecule has 0 rings (SSSR count). The summed E-state index contributed by atoms with van der Waals surface area (Å²) in [7, 11) is 5.51. The van der Waals surface area contributed by atoms with E-state index in [1.807, 2.05) is 27.2 Å². The minimum atomic E-state index is -0.880. The minimum Gasteiger partial charge on any atom is -0.477 e. The number of allylic oxidation sites excluding steroid dienone is 4. The molecular formula is C47H88NO7+. The lowest BCUT2D eigenvalue weighted by Gasteiger charge is -2.31. The molecule has 0 bridgehead atoms. The van der Waals surface area contributed by atoms with E-state index in [2.05, 4.69) is 32.1 Å². The molecule has 0 saturated carbocycles. The van der Waals surface area contributed by atoms with Crippen LogP contribution in [0.5, 0.6) is 0 Å². The van der Waals surface area contributed by atoms with Gasteiger partial charge in [-0.2, -0.15) is 0 Å². The Labute approximate surface area is 339 Å². The molecule has 0 aliphatic heterocycles. The topological polar surface area (TPSA) is 99.1 Å². The largest absolute Gasteiger partial charge is 0.477 e. The predicted octanol–water partition coefficient (Wildman–Crippen LogP) is 12.5. The van der Waals surface area contributed by atoms with Crippen molar-refractivity contribution in [1.29, 1.82) is 0 Å². The SMILES string of the molecule is CCCCCC/C=C/CCC(=O)OC(COCCC(C(=O)O)[N+](C)(C)C)COC(=O)CCCCCCCCC/C=C/CCCCCCCCCCCCCC. The summed E-state index contributed by atoms with van der Waals surface area (Å²) < 4.78 is 17.2.